The number of hydrogen-bond acceptors (Lipinski definition) is 5. The fourth-order valence-corrected chi connectivity index (χ4v) is 2.65. The third-order valence-corrected chi connectivity index (χ3v) is 4.03. The number of ether oxygens (including phenoxy) is 1. The Bertz CT molecular complexity index is 823. The van der Waals surface area contributed by atoms with Crippen LogP contribution in [0.5, 0.6) is 5.75 Å². The number of carbonyl (C=O) groups is 1. The fourth-order valence-electron chi connectivity index (χ4n) is 2.65. The van der Waals surface area contributed by atoms with Crippen LogP contribution >= 0.6 is 0 Å². The van der Waals surface area contributed by atoms with E-state index in [0.717, 1.165) is 11.0 Å². The molecule has 0 aliphatic heterocycles. The summed E-state index contributed by atoms with van der Waals surface area (Å²) in [4.78, 5) is 12.2. The van der Waals surface area contributed by atoms with Gasteiger partial charge in [0.2, 0.25) is 0 Å². The highest BCUT2D eigenvalue weighted by atomic mass is 16.5. The first kappa shape index (κ1) is 17.2. The predicted octanol–water partition coefficient (Wildman–Crippen LogP) is 3.34. The Labute approximate surface area is 146 Å². The summed E-state index contributed by atoms with van der Waals surface area (Å²) in [5.41, 5.74) is 1.38. The number of Topliss-reactive ketones (excluding diaryl/α,β-unsaturated/α-hetero) is 1. The van der Waals surface area contributed by atoms with Gasteiger partial charge < -0.3 is 19.6 Å². The second-order valence-corrected chi connectivity index (χ2v) is 5.81. The number of aliphatic hydroxyl groups excluding tert-OH is 1. The highest BCUT2D eigenvalue weighted by molar-refractivity contribution is 5.96. The van der Waals surface area contributed by atoms with Gasteiger partial charge in [0.15, 0.2) is 5.78 Å². The number of methoxy groups -OCH3 is 1. The molecule has 0 aliphatic carbocycles. The Balaban J connectivity index is 1.48. The highest BCUT2D eigenvalue weighted by Crippen LogP contribution is 2.23. The van der Waals surface area contributed by atoms with Crippen LogP contribution < -0.4 is 10.1 Å². The highest BCUT2D eigenvalue weighted by Gasteiger charge is 2.13. The van der Waals surface area contributed by atoms with Crippen molar-refractivity contribution in [3.05, 3.63) is 65.9 Å². The van der Waals surface area contributed by atoms with E-state index < -0.39 is 6.10 Å². The minimum Gasteiger partial charge on any atom is -0.497 e. The maximum atomic E-state index is 12.2. The van der Waals surface area contributed by atoms with Gasteiger partial charge in [-0.05, 0) is 24.3 Å². The number of para-hydroxylation sites is 1. The average molecular weight is 339 g/mol. The molecule has 1 atom stereocenters. The van der Waals surface area contributed by atoms with Crippen LogP contribution in [-0.4, -0.2) is 31.1 Å². The zero-order chi connectivity index (χ0) is 17.6. The zero-order valence-electron chi connectivity index (χ0n) is 14.1. The van der Waals surface area contributed by atoms with Crippen LogP contribution in [0.25, 0.3) is 11.0 Å². The Morgan fingerprint density at radius 2 is 2.04 bits per heavy atom. The molecule has 2 N–H and O–H groups in total. The quantitative estimate of drug-likeness (QED) is 0.486. The van der Waals surface area contributed by atoms with E-state index in [9.17, 15) is 9.90 Å². The Morgan fingerprint density at radius 3 is 2.84 bits per heavy atom. The topological polar surface area (TPSA) is 71.7 Å². The van der Waals surface area contributed by atoms with E-state index in [0.29, 0.717) is 36.6 Å². The van der Waals surface area contributed by atoms with Gasteiger partial charge in [-0.25, -0.2) is 0 Å². The second-order valence-electron chi connectivity index (χ2n) is 5.81. The van der Waals surface area contributed by atoms with Gasteiger partial charge in [-0.15, -0.1) is 0 Å². The molecule has 0 radical (unpaired) electrons. The first-order valence-corrected chi connectivity index (χ1v) is 8.22. The number of hydrogen-bond donors (Lipinski definition) is 2. The summed E-state index contributed by atoms with van der Waals surface area (Å²) < 4.78 is 10.8. The molecule has 0 spiro atoms. The van der Waals surface area contributed by atoms with E-state index >= 15 is 0 Å². The predicted molar refractivity (Wildman–Crippen MR) is 96.0 cm³/mol. The van der Waals surface area contributed by atoms with E-state index in [-0.39, 0.29) is 5.78 Å². The molecule has 0 fully saturated rings. The van der Waals surface area contributed by atoms with Gasteiger partial charge in [-0.3, -0.25) is 4.79 Å². The van der Waals surface area contributed by atoms with Crippen molar-refractivity contribution in [3.8, 4) is 5.75 Å². The number of aliphatic hydroxyl groups is 1. The van der Waals surface area contributed by atoms with Gasteiger partial charge in [0.05, 0.1) is 7.11 Å². The van der Waals surface area contributed by atoms with Crippen molar-refractivity contribution in [1.29, 1.82) is 0 Å². The van der Waals surface area contributed by atoms with Crippen LogP contribution in [0.3, 0.4) is 0 Å². The normalized spacial score (nSPS) is 12.2. The second kappa shape index (κ2) is 7.96. The summed E-state index contributed by atoms with van der Waals surface area (Å²) in [5, 5.41) is 14.3. The van der Waals surface area contributed by atoms with E-state index in [1.54, 1.807) is 31.4 Å². The third kappa shape index (κ3) is 4.26. The number of nitrogens with one attached hydrogen (secondary N) is 1. The molecule has 0 aliphatic rings. The van der Waals surface area contributed by atoms with Crippen molar-refractivity contribution < 1.29 is 19.1 Å². The van der Waals surface area contributed by atoms with Crippen molar-refractivity contribution in [1.82, 2.24) is 5.32 Å². The molecule has 130 valence electrons. The lowest BCUT2D eigenvalue weighted by atomic mass is 10.1. The minimum atomic E-state index is -0.751. The molecular formula is C20H21NO4. The van der Waals surface area contributed by atoms with Gasteiger partial charge in [-0.1, -0.05) is 30.3 Å². The SMILES string of the molecule is COc1cccc(C(=O)CCNCC(O)c2cc3ccccc3o2)c1. The summed E-state index contributed by atoms with van der Waals surface area (Å²) in [6.45, 7) is 0.804. The van der Waals surface area contributed by atoms with Crippen LogP contribution in [0.1, 0.15) is 28.6 Å². The van der Waals surface area contributed by atoms with Crippen LogP contribution in [0.15, 0.2) is 59.0 Å². The summed E-state index contributed by atoms with van der Waals surface area (Å²) >= 11 is 0. The molecule has 0 saturated carbocycles. The lowest BCUT2D eigenvalue weighted by Crippen LogP contribution is -2.24. The summed E-state index contributed by atoms with van der Waals surface area (Å²) in [6, 6.07) is 16.6. The monoisotopic (exact) mass is 339 g/mol. The third-order valence-electron chi connectivity index (χ3n) is 4.03. The zero-order valence-corrected chi connectivity index (χ0v) is 14.1. The van der Waals surface area contributed by atoms with E-state index in [1.165, 1.54) is 0 Å². The molecule has 1 heterocycles. The Kier molecular flexibility index (Phi) is 5.48. The van der Waals surface area contributed by atoms with Crippen molar-refractivity contribution in [2.75, 3.05) is 20.2 Å². The molecule has 0 amide bonds. The minimum absolute atomic E-state index is 0.0321. The fraction of sp³-hybridized carbons (Fsp3) is 0.250. The molecule has 1 aromatic heterocycles. The number of ketones is 1. The standard InChI is InChI=1S/C20H21NO4/c1-24-16-7-4-6-14(11-16)17(22)9-10-21-13-18(23)20-12-15-5-2-3-8-19(15)25-20/h2-8,11-12,18,21,23H,9-10,13H2,1H3. The van der Waals surface area contributed by atoms with Gasteiger partial charge in [-0.2, -0.15) is 0 Å². The smallest absolute Gasteiger partial charge is 0.164 e. The average Bonchev–Trinajstić information content (AvgIpc) is 3.09. The maximum Gasteiger partial charge on any atom is 0.164 e. The van der Waals surface area contributed by atoms with Crippen molar-refractivity contribution in [2.45, 2.75) is 12.5 Å². The largest absolute Gasteiger partial charge is 0.497 e. The molecule has 2 aromatic carbocycles. The Morgan fingerprint density at radius 1 is 1.20 bits per heavy atom. The van der Waals surface area contributed by atoms with Gasteiger partial charge in [0.1, 0.15) is 23.2 Å². The summed E-state index contributed by atoms with van der Waals surface area (Å²) in [7, 11) is 1.57. The molecule has 5 heteroatoms. The summed E-state index contributed by atoms with van der Waals surface area (Å²) in [6.07, 6.45) is -0.403. The molecule has 0 bridgehead atoms. The first-order valence-electron chi connectivity index (χ1n) is 8.22. The molecule has 3 rings (SSSR count). The van der Waals surface area contributed by atoms with E-state index in [2.05, 4.69) is 5.32 Å². The first-order chi connectivity index (χ1) is 12.2. The lowest BCUT2D eigenvalue weighted by Gasteiger charge is -2.09. The number of furan rings is 1. The van der Waals surface area contributed by atoms with Crippen molar-refractivity contribution in [2.24, 2.45) is 0 Å². The van der Waals surface area contributed by atoms with Gasteiger partial charge >= 0.3 is 0 Å². The number of carbonyl (C=O) groups excluding carboxylic acids is 1. The molecule has 1 unspecified atom stereocenters. The molecule has 3 aromatic rings. The van der Waals surface area contributed by atoms with Crippen LogP contribution in [0.4, 0.5) is 0 Å². The van der Waals surface area contributed by atoms with Gasteiger partial charge in [0, 0.05) is 30.5 Å². The molecule has 25 heavy (non-hydrogen) atoms. The van der Waals surface area contributed by atoms with E-state index in [1.807, 2.05) is 30.3 Å². The molecule has 5 nitrogen and oxygen atoms in total. The van der Waals surface area contributed by atoms with Crippen molar-refractivity contribution >= 4 is 16.8 Å². The summed E-state index contributed by atoms with van der Waals surface area (Å²) in [5.74, 6) is 1.22. The van der Waals surface area contributed by atoms with Crippen LogP contribution in [0.2, 0.25) is 0 Å². The lowest BCUT2D eigenvalue weighted by molar-refractivity contribution is 0.0978. The number of fused-ring (bicyclic) bond motifs is 1. The molecular weight excluding hydrogens is 318 g/mol. The number of benzene rings is 2. The maximum absolute atomic E-state index is 12.2. The van der Waals surface area contributed by atoms with E-state index in [4.69, 9.17) is 9.15 Å². The number of rotatable bonds is 8. The van der Waals surface area contributed by atoms with Crippen LogP contribution in [-0.2, 0) is 0 Å². The molecule has 0 saturated heterocycles. The Hall–Kier alpha value is -2.63. The van der Waals surface area contributed by atoms with Crippen molar-refractivity contribution in [3.63, 3.8) is 0 Å². The van der Waals surface area contributed by atoms with Gasteiger partial charge in [0.25, 0.3) is 0 Å². The van der Waals surface area contributed by atoms with Crippen LogP contribution in [0, 0.1) is 0 Å².